The average Bonchev–Trinajstić information content (AvgIpc) is 3.15. The first-order chi connectivity index (χ1) is 18.8. The molecule has 2 aromatic carbocycles. The Morgan fingerprint density at radius 3 is 2.23 bits per heavy atom. The van der Waals surface area contributed by atoms with Crippen molar-refractivity contribution in [2.75, 3.05) is 6.54 Å². The van der Waals surface area contributed by atoms with Crippen molar-refractivity contribution in [1.82, 2.24) is 10.2 Å². The topological polar surface area (TPSA) is 99.1 Å². The number of carbonyl (C=O) groups excluding carboxylic acids is 2. The van der Waals surface area contributed by atoms with Crippen LogP contribution in [0.3, 0.4) is 0 Å². The Hall–Kier alpha value is -2.90. The van der Waals surface area contributed by atoms with Crippen LogP contribution >= 0.6 is 23.2 Å². The Labute approximate surface area is 246 Å². The average molecular weight is 587 g/mol. The highest BCUT2D eigenvalue weighted by molar-refractivity contribution is 6.47. The van der Waals surface area contributed by atoms with Crippen molar-refractivity contribution in [3.05, 3.63) is 69.2 Å². The molecule has 2 amide bonds. The van der Waals surface area contributed by atoms with Crippen molar-refractivity contribution < 1.29 is 19.5 Å². The molecule has 4 rings (SSSR count). The van der Waals surface area contributed by atoms with Crippen molar-refractivity contribution in [1.29, 1.82) is 0 Å². The number of nitrogens with one attached hydrogen (secondary N) is 1. The van der Waals surface area contributed by atoms with E-state index >= 15 is 0 Å². The molecule has 1 aliphatic heterocycles. The third-order valence-corrected chi connectivity index (χ3v) is 8.65. The number of hydrogen-bond acceptors (Lipinski definition) is 4. The monoisotopic (exact) mass is 585 g/mol. The lowest BCUT2D eigenvalue weighted by atomic mass is 9.69. The van der Waals surface area contributed by atoms with E-state index in [9.17, 15) is 14.4 Å². The minimum absolute atomic E-state index is 0.0570. The third kappa shape index (κ3) is 6.36. The largest absolute Gasteiger partial charge is 0.481 e. The molecule has 7 nitrogen and oxygen atoms in total. The lowest BCUT2D eigenvalue weighted by Crippen LogP contribution is -2.51. The summed E-state index contributed by atoms with van der Waals surface area (Å²) in [6.45, 7) is 8.91. The van der Waals surface area contributed by atoms with Gasteiger partial charge < -0.3 is 15.3 Å². The van der Waals surface area contributed by atoms with Gasteiger partial charge in [0.05, 0.1) is 12.5 Å². The zero-order valence-corrected chi connectivity index (χ0v) is 25.0. The maximum absolute atomic E-state index is 14.2. The molecule has 214 valence electrons. The van der Waals surface area contributed by atoms with Crippen LogP contribution in [0.15, 0.2) is 47.5 Å². The van der Waals surface area contributed by atoms with E-state index in [-0.39, 0.29) is 36.2 Å². The van der Waals surface area contributed by atoms with Gasteiger partial charge in [-0.15, -0.1) is 0 Å². The quantitative estimate of drug-likeness (QED) is 0.351. The molecule has 0 bridgehead atoms. The van der Waals surface area contributed by atoms with Gasteiger partial charge in [0.25, 0.3) is 11.8 Å². The van der Waals surface area contributed by atoms with Gasteiger partial charge in [0.15, 0.2) is 0 Å². The number of halogens is 2. The Morgan fingerprint density at radius 2 is 1.70 bits per heavy atom. The van der Waals surface area contributed by atoms with Gasteiger partial charge in [0, 0.05) is 27.7 Å². The van der Waals surface area contributed by atoms with Crippen molar-refractivity contribution in [2.24, 2.45) is 16.3 Å². The molecule has 1 atom stereocenters. The van der Waals surface area contributed by atoms with Crippen LogP contribution < -0.4 is 5.32 Å². The first-order valence-electron chi connectivity index (χ1n) is 13.8. The molecule has 1 saturated carbocycles. The van der Waals surface area contributed by atoms with Crippen LogP contribution in [0.1, 0.15) is 93.7 Å². The van der Waals surface area contributed by atoms with E-state index in [2.05, 4.69) is 26.1 Å². The van der Waals surface area contributed by atoms with Gasteiger partial charge in [-0.3, -0.25) is 19.4 Å². The van der Waals surface area contributed by atoms with Gasteiger partial charge in [0.1, 0.15) is 11.4 Å². The Balaban J connectivity index is 1.67. The summed E-state index contributed by atoms with van der Waals surface area (Å²) in [5.74, 6) is -0.911. The number of carbonyl (C=O) groups is 3. The normalized spacial score (nSPS) is 21.9. The number of hydrogen-bond donors (Lipinski definition) is 2. The molecule has 0 saturated heterocycles. The zero-order chi connectivity index (χ0) is 29.2. The number of carboxylic acids is 1. The van der Waals surface area contributed by atoms with Crippen molar-refractivity contribution in [3.63, 3.8) is 0 Å². The highest BCUT2D eigenvalue weighted by Gasteiger charge is 2.52. The fraction of sp³-hybridized carbons (Fsp3) is 0.484. The number of nitrogens with zero attached hydrogens (tertiary/aromatic N) is 2. The van der Waals surface area contributed by atoms with E-state index < -0.39 is 11.6 Å². The SMILES string of the molecule is CCC(c1ccc(C(=O)NCCC(=O)O)cc1)N1C(=O)C(c2cc(Cl)cc(Cl)c2)=NC12CCC(C(C)(C)C)CC2. The Morgan fingerprint density at radius 1 is 1.10 bits per heavy atom. The maximum atomic E-state index is 14.2. The van der Waals surface area contributed by atoms with Gasteiger partial charge in [-0.1, -0.05) is 63.0 Å². The molecule has 2 aliphatic rings. The fourth-order valence-corrected chi connectivity index (χ4v) is 6.56. The van der Waals surface area contributed by atoms with Gasteiger partial charge >= 0.3 is 5.97 Å². The van der Waals surface area contributed by atoms with Gasteiger partial charge in [-0.25, -0.2) is 0 Å². The predicted octanol–water partition coefficient (Wildman–Crippen LogP) is 6.91. The van der Waals surface area contributed by atoms with Crippen molar-refractivity contribution in [3.8, 4) is 0 Å². The molecule has 1 heterocycles. The van der Waals surface area contributed by atoms with Gasteiger partial charge in [-0.05, 0) is 79.3 Å². The highest BCUT2D eigenvalue weighted by atomic mass is 35.5. The van der Waals surface area contributed by atoms with Crippen LogP contribution in [0, 0.1) is 11.3 Å². The standard InChI is InChI=1S/C31H37Cl2N3O4/c1-5-25(19-6-8-20(9-7-19)28(39)34-15-12-26(37)38)36-29(40)27(21-16-23(32)18-24(33)17-21)35-31(36)13-10-22(11-14-31)30(2,3)4/h6-9,16-18,22,25H,5,10-15H2,1-4H3,(H,34,39)(H,37,38). The summed E-state index contributed by atoms with van der Waals surface area (Å²) >= 11 is 12.6. The molecular formula is C31H37Cl2N3O4. The minimum atomic E-state index is -0.969. The fourth-order valence-electron chi connectivity index (χ4n) is 6.03. The second-order valence-electron chi connectivity index (χ2n) is 11.9. The summed E-state index contributed by atoms with van der Waals surface area (Å²) in [6.07, 6.45) is 3.98. The molecule has 9 heteroatoms. The molecule has 2 aromatic rings. The molecule has 0 aromatic heterocycles. The number of aliphatic imine (C=N–C) groups is 1. The smallest absolute Gasteiger partial charge is 0.305 e. The van der Waals surface area contributed by atoms with E-state index in [1.54, 1.807) is 30.3 Å². The lowest BCUT2D eigenvalue weighted by Gasteiger charge is -2.47. The van der Waals surface area contributed by atoms with E-state index in [1.165, 1.54) is 0 Å². The lowest BCUT2D eigenvalue weighted by molar-refractivity contribution is -0.137. The van der Waals surface area contributed by atoms with E-state index in [0.717, 1.165) is 31.2 Å². The summed E-state index contributed by atoms with van der Waals surface area (Å²) in [6, 6.07) is 12.0. The minimum Gasteiger partial charge on any atom is -0.481 e. The van der Waals surface area contributed by atoms with Crippen molar-refractivity contribution >= 4 is 46.7 Å². The Kier molecular flexibility index (Phi) is 8.96. The summed E-state index contributed by atoms with van der Waals surface area (Å²) in [4.78, 5) is 44.6. The molecule has 2 N–H and O–H groups in total. The molecule has 0 radical (unpaired) electrons. The first kappa shape index (κ1) is 30.1. The van der Waals surface area contributed by atoms with E-state index in [1.807, 2.05) is 24.0 Å². The summed E-state index contributed by atoms with van der Waals surface area (Å²) in [7, 11) is 0. The predicted molar refractivity (Wildman–Crippen MR) is 158 cm³/mol. The van der Waals surface area contributed by atoms with Crippen LogP contribution in [0.5, 0.6) is 0 Å². The number of rotatable bonds is 8. The number of carboxylic acid groups (broad SMARTS) is 1. The van der Waals surface area contributed by atoms with Crippen molar-refractivity contribution in [2.45, 2.75) is 77.9 Å². The summed E-state index contributed by atoms with van der Waals surface area (Å²) in [5, 5.41) is 12.3. The Bertz CT molecular complexity index is 1290. The van der Waals surface area contributed by atoms with Gasteiger partial charge in [-0.2, -0.15) is 0 Å². The second kappa shape index (κ2) is 11.9. The number of amides is 2. The van der Waals surface area contributed by atoms with Crippen LogP contribution in [0.25, 0.3) is 0 Å². The second-order valence-corrected chi connectivity index (χ2v) is 12.7. The molecule has 1 aliphatic carbocycles. The van der Waals surface area contributed by atoms with Crippen LogP contribution in [-0.4, -0.2) is 45.7 Å². The molecule has 40 heavy (non-hydrogen) atoms. The molecule has 1 unspecified atom stereocenters. The van der Waals surface area contributed by atoms with E-state index in [4.69, 9.17) is 33.3 Å². The maximum Gasteiger partial charge on any atom is 0.305 e. The van der Waals surface area contributed by atoms with Crippen LogP contribution in [-0.2, 0) is 9.59 Å². The van der Waals surface area contributed by atoms with E-state index in [0.29, 0.717) is 39.2 Å². The number of aliphatic carboxylic acids is 1. The molecule has 1 fully saturated rings. The highest BCUT2D eigenvalue weighted by Crippen LogP contribution is 2.49. The molecular weight excluding hydrogens is 549 g/mol. The summed E-state index contributed by atoms with van der Waals surface area (Å²) in [5.41, 5.74) is 1.85. The third-order valence-electron chi connectivity index (χ3n) is 8.22. The molecule has 1 spiro atoms. The summed E-state index contributed by atoms with van der Waals surface area (Å²) < 4.78 is 0. The van der Waals surface area contributed by atoms with Crippen LogP contribution in [0.4, 0.5) is 0 Å². The van der Waals surface area contributed by atoms with Crippen LogP contribution in [0.2, 0.25) is 10.0 Å². The number of benzene rings is 2. The zero-order valence-electron chi connectivity index (χ0n) is 23.5. The van der Waals surface area contributed by atoms with Gasteiger partial charge in [0.2, 0.25) is 0 Å². The first-order valence-corrected chi connectivity index (χ1v) is 14.6.